The molecule has 0 aromatic carbocycles. The monoisotopic (exact) mass is 468 g/mol. The van der Waals surface area contributed by atoms with Gasteiger partial charge in [0.25, 0.3) is 0 Å². The molecule has 0 bridgehead atoms. The number of carbonyl (C=O) groups excluding carboxylic acids is 2. The first-order valence-corrected chi connectivity index (χ1v) is 11.3. The average Bonchev–Trinajstić information content (AvgIpc) is 2.76. The van der Waals surface area contributed by atoms with E-state index in [1.165, 1.54) is 13.8 Å². The number of hydrogen-bond acceptors (Lipinski definition) is 10. The molecule has 0 rings (SSSR count). The minimum atomic E-state index is -0.286. The first-order chi connectivity index (χ1) is 15.5. The van der Waals surface area contributed by atoms with Gasteiger partial charge in [-0.25, -0.2) is 0 Å². The Morgan fingerprint density at radius 2 is 0.781 bits per heavy atom. The van der Waals surface area contributed by atoms with Crippen LogP contribution in [-0.4, -0.2) is 104 Å². The summed E-state index contributed by atoms with van der Waals surface area (Å²) in [5.41, 5.74) is 0. The third kappa shape index (κ3) is 36.1. The predicted octanol–water partition coefficient (Wildman–Crippen LogP) is 2.02. The van der Waals surface area contributed by atoms with E-state index in [2.05, 4.69) is 11.7 Å². The highest BCUT2D eigenvalue weighted by Gasteiger charge is 1.95. The van der Waals surface area contributed by atoms with Gasteiger partial charge in [-0.2, -0.15) is 0 Å². The van der Waals surface area contributed by atoms with Gasteiger partial charge in [-0.1, -0.05) is 13.3 Å². The summed E-state index contributed by atoms with van der Waals surface area (Å²) < 4.78 is 40.6. The molecule has 0 spiro atoms. The van der Waals surface area contributed by atoms with E-state index in [9.17, 15) is 9.59 Å². The molecule has 0 unspecified atom stereocenters. The summed E-state index contributed by atoms with van der Waals surface area (Å²) in [5.74, 6) is -0.569. The number of hydrogen-bond donors (Lipinski definition) is 0. The van der Waals surface area contributed by atoms with Gasteiger partial charge in [0.05, 0.1) is 66.1 Å². The van der Waals surface area contributed by atoms with Crippen LogP contribution >= 0.6 is 0 Å². The van der Waals surface area contributed by atoms with Crippen LogP contribution in [0.15, 0.2) is 0 Å². The highest BCUT2D eigenvalue weighted by Crippen LogP contribution is 1.88. The van der Waals surface area contributed by atoms with Crippen LogP contribution in [0.25, 0.3) is 0 Å². The Labute approximate surface area is 193 Å². The fraction of sp³-hybridized carbons (Fsp3) is 0.909. The molecule has 192 valence electrons. The van der Waals surface area contributed by atoms with Crippen molar-refractivity contribution >= 4 is 11.9 Å². The average molecular weight is 469 g/mol. The zero-order valence-corrected chi connectivity index (χ0v) is 20.4. The molecule has 0 aromatic rings. The molecule has 0 fully saturated rings. The lowest BCUT2D eigenvalue weighted by Crippen LogP contribution is -2.12. The van der Waals surface area contributed by atoms with E-state index in [4.69, 9.17) is 33.2 Å². The molecule has 0 radical (unpaired) electrons. The molecular weight excluding hydrogens is 424 g/mol. The van der Waals surface area contributed by atoms with E-state index in [0.717, 1.165) is 19.4 Å². The zero-order valence-electron chi connectivity index (χ0n) is 20.4. The molecule has 0 saturated carbocycles. The topological polar surface area (TPSA) is 108 Å². The second-order valence-electron chi connectivity index (χ2n) is 6.29. The van der Waals surface area contributed by atoms with E-state index < -0.39 is 0 Å². The molecule has 0 N–H and O–H groups in total. The summed E-state index contributed by atoms with van der Waals surface area (Å²) in [4.78, 5) is 20.8. The molecule has 0 atom stereocenters. The van der Waals surface area contributed by atoms with Gasteiger partial charge in [0.15, 0.2) is 0 Å². The van der Waals surface area contributed by atoms with Gasteiger partial charge in [-0.3, -0.25) is 9.59 Å². The maximum Gasteiger partial charge on any atom is 0.302 e. The summed E-state index contributed by atoms with van der Waals surface area (Å²) >= 11 is 0. The van der Waals surface area contributed by atoms with Crippen LogP contribution in [0, 0.1) is 0 Å². The normalized spacial score (nSPS) is 10.4. The molecule has 0 saturated heterocycles. The van der Waals surface area contributed by atoms with Crippen molar-refractivity contribution in [3.05, 3.63) is 0 Å². The highest BCUT2D eigenvalue weighted by atomic mass is 16.6. The van der Waals surface area contributed by atoms with Gasteiger partial charge >= 0.3 is 11.9 Å². The predicted molar refractivity (Wildman–Crippen MR) is 119 cm³/mol. The van der Waals surface area contributed by atoms with Crippen molar-refractivity contribution in [3.63, 3.8) is 0 Å². The number of esters is 2. The van der Waals surface area contributed by atoms with E-state index in [0.29, 0.717) is 85.9 Å². The molecule has 0 aromatic heterocycles. The van der Waals surface area contributed by atoms with E-state index in [1.807, 2.05) is 6.92 Å². The van der Waals surface area contributed by atoms with Gasteiger partial charge < -0.3 is 37.9 Å². The first kappa shape index (κ1) is 32.9. The van der Waals surface area contributed by atoms with Crippen molar-refractivity contribution in [2.45, 2.75) is 40.5 Å². The standard InChI is InChI=1S/C12H24O5.C10H20O5/c1-3-4-5-14-6-7-15-8-9-16-10-11-17-12(2)13;1-3-12-4-5-13-6-7-14-8-9-15-10(2)11/h3-11H2,1-2H3;3-9H2,1-2H3. The van der Waals surface area contributed by atoms with Crippen LogP contribution < -0.4 is 0 Å². The van der Waals surface area contributed by atoms with Crippen LogP contribution in [0.3, 0.4) is 0 Å². The smallest absolute Gasteiger partial charge is 0.302 e. The molecule has 0 amide bonds. The Balaban J connectivity index is 0. The van der Waals surface area contributed by atoms with Crippen LogP contribution in [0.4, 0.5) is 0 Å². The van der Waals surface area contributed by atoms with Crippen molar-refractivity contribution in [3.8, 4) is 0 Å². The number of rotatable bonds is 22. The fourth-order valence-electron chi connectivity index (χ4n) is 1.86. The summed E-state index contributed by atoms with van der Waals surface area (Å²) in [6.07, 6.45) is 2.25. The molecule has 10 nitrogen and oxygen atoms in total. The van der Waals surface area contributed by atoms with Crippen LogP contribution in [0.2, 0.25) is 0 Å². The van der Waals surface area contributed by atoms with E-state index in [-0.39, 0.29) is 11.9 Å². The Morgan fingerprint density at radius 1 is 0.469 bits per heavy atom. The van der Waals surface area contributed by atoms with Crippen LogP contribution in [-0.2, 0) is 47.5 Å². The van der Waals surface area contributed by atoms with Crippen molar-refractivity contribution in [2.75, 3.05) is 92.5 Å². The summed E-state index contributed by atoms with van der Waals surface area (Å²) in [5, 5.41) is 0. The van der Waals surface area contributed by atoms with Crippen molar-refractivity contribution in [2.24, 2.45) is 0 Å². The zero-order chi connectivity index (χ0) is 24.1. The number of carbonyl (C=O) groups is 2. The van der Waals surface area contributed by atoms with Crippen molar-refractivity contribution in [1.29, 1.82) is 0 Å². The molecular formula is C22H44O10. The summed E-state index contributed by atoms with van der Waals surface area (Å²) in [7, 11) is 0. The van der Waals surface area contributed by atoms with Crippen molar-refractivity contribution in [1.82, 2.24) is 0 Å². The lowest BCUT2D eigenvalue weighted by atomic mass is 10.4. The first-order valence-electron chi connectivity index (χ1n) is 11.3. The van der Waals surface area contributed by atoms with Crippen molar-refractivity contribution < 1.29 is 47.5 Å². The van der Waals surface area contributed by atoms with Crippen LogP contribution in [0.5, 0.6) is 0 Å². The number of ether oxygens (including phenoxy) is 8. The maximum absolute atomic E-state index is 10.4. The third-order valence-corrected chi connectivity index (χ3v) is 3.40. The lowest BCUT2D eigenvalue weighted by molar-refractivity contribution is -0.143. The fourth-order valence-corrected chi connectivity index (χ4v) is 1.86. The van der Waals surface area contributed by atoms with Gasteiger partial charge in [-0.05, 0) is 13.3 Å². The third-order valence-electron chi connectivity index (χ3n) is 3.40. The Hall–Kier alpha value is -1.30. The molecule has 0 aliphatic carbocycles. The molecule has 0 heterocycles. The molecule has 10 heteroatoms. The maximum atomic E-state index is 10.4. The Kier molecular flexibility index (Phi) is 30.5. The van der Waals surface area contributed by atoms with E-state index >= 15 is 0 Å². The van der Waals surface area contributed by atoms with Gasteiger partial charge in [0.1, 0.15) is 13.2 Å². The molecule has 0 aliphatic rings. The van der Waals surface area contributed by atoms with Crippen LogP contribution in [0.1, 0.15) is 40.5 Å². The SMILES string of the molecule is CCCCOCCOCCOCCOC(C)=O.CCOCCOCCOCCOC(C)=O. The Morgan fingerprint density at radius 3 is 1.09 bits per heavy atom. The van der Waals surface area contributed by atoms with Gasteiger partial charge in [0, 0.05) is 27.1 Å². The second-order valence-corrected chi connectivity index (χ2v) is 6.29. The largest absolute Gasteiger partial charge is 0.463 e. The van der Waals surface area contributed by atoms with Gasteiger partial charge in [-0.15, -0.1) is 0 Å². The number of unbranched alkanes of at least 4 members (excludes halogenated alkanes) is 1. The lowest BCUT2D eigenvalue weighted by Gasteiger charge is -2.06. The summed E-state index contributed by atoms with van der Waals surface area (Å²) in [6, 6.07) is 0. The quantitative estimate of drug-likeness (QED) is 0.173. The second kappa shape index (κ2) is 29.7. The minimum Gasteiger partial charge on any atom is -0.463 e. The Bertz CT molecular complexity index is 393. The highest BCUT2D eigenvalue weighted by molar-refractivity contribution is 5.66. The minimum absolute atomic E-state index is 0.283. The van der Waals surface area contributed by atoms with E-state index in [1.54, 1.807) is 0 Å². The molecule has 32 heavy (non-hydrogen) atoms. The summed E-state index contributed by atoms with van der Waals surface area (Å²) in [6.45, 7) is 14.3. The van der Waals surface area contributed by atoms with Gasteiger partial charge in [0.2, 0.25) is 0 Å². The molecule has 0 aliphatic heterocycles.